The Morgan fingerprint density at radius 3 is 1.47 bits per heavy atom. The van der Waals surface area contributed by atoms with Gasteiger partial charge in [-0.3, -0.25) is 14.4 Å². The van der Waals surface area contributed by atoms with Crippen LogP contribution in [-0.4, -0.2) is 140 Å². The fourth-order valence-electron chi connectivity index (χ4n) is 14.3. The number of carbonyl (C=O) groups excluding carboxylic acids is 3. The number of hydrogen-bond donors (Lipinski definition) is 2. The van der Waals surface area contributed by atoms with Crippen molar-refractivity contribution < 1.29 is 66.4 Å². The lowest BCUT2D eigenvalue weighted by atomic mass is 9.77. The van der Waals surface area contributed by atoms with E-state index in [-0.39, 0.29) is 187 Å². The van der Waals surface area contributed by atoms with Gasteiger partial charge in [0.2, 0.25) is 5.91 Å². The number of amides is 2. The second-order valence-corrected chi connectivity index (χ2v) is 27.0. The molecule has 17 heteroatoms. The molecule has 7 aliphatic heterocycles. The van der Waals surface area contributed by atoms with Crippen molar-refractivity contribution in [2.24, 2.45) is 88.0 Å². The molecule has 0 spiro atoms. The van der Waals surface area contributed by atoms with Crippen molar-refractivity contribution in [1.29, 1.82) is 0 Å². The predicted octanol–water partition coefficient (Wildman–Crippen LogP) is 10.4. The lowest BCUT2D eigenvalue weighted by molar-refractivity contribution is -0.619. The summed E-state index contributed by atoms with van der Waals surface area (Å²) < 4.78 is 68.6. The van der Waals surface area contributed by atoms with Gasteiger partial charge in [-0.15, -0.1) is 4.70 Å². The minimum atomic E-state index is -0.437. The molecule has 0 aromatic rings. The van der Waals surface area contributed by atoms with Gasteiger partial charge in [-0.2, -0.15) is 0 Å². The Balaban J connectivity index is 0.830. The summed E-state index contributed by atoms with van der Waals surface area (Å²) in [7, 11) is 0. The molecule has 2 amide bonds. The maximum atomic E-state index is 13.6. The van der Waals surface area contributed by atoms with Crippen molar-refractivity contribution >= 4 is 17.6 Å². The van der Waals surface area contributed by atoms with E-state index < -0.39 is 12.6 Å². The first kappa shape index (κ1) is 66.1. The summed E-state index contributed by atoms with van der Waals surface area (Å²) in [4.78, 5) is 39.0. The Kier molecular flexibility index (Phi) is 23.1. The number of ketones is 1. The molecule has 6 saturated heterocycles. The lowest BCUT2D eigenvalue weighted by Crippen LogP contribution is -2.58. The Morgan fingerprint density at radius 1 is 0.506 bits per heavy atom. The van der Waals surface area contributed by atoms with Crippen LogP contribution in [0, 0.1) is 82.9 Å². The van der Waals surface area contributed by atoms with Crippen LogP contribution < -0.4 is 10.6 Å². The summed E-state index contributed by atoms with van der Waals surface area (Å²) in [6, 6.07) is -0.0478. The van der Waals surface area contributed by atoms with Crippen molar-refractivity contribution in [3.05, 3.63) is 11.8 Å². The summed E-state index contributed by atoms with van der Waals surface area (Å²) in [5.41, 5.74) is 0.341. The first-order chi connectivity index (χ1) is 38.2. The molecule has 0 bridgehead atoms. The van der Waals surface area contributed by atoms with Gasteiger partial charge in [0, 0.05) is 66.0 Å². The van der Waals surface area contributed by atoms with E-state index in [9.17, 15) is 14.4 Å². The molecule has 81 heavy (non-hydrogen) atoms. The van der Waals surface area contributed by atoms with Crippen LogP contribution in [0.4, 0.5) is 0 Å². The molecular weight excluding hydrogens is 1030 g/mol. The molecule has 0 aromatic heterocycles. The predicted molar refractivity (Wildman–Crippen MR) is 308 cm³/mol. The average Bonchev–Trinajstić information content (AvgIpc) is 3.93. The summed E-state index contributed by atoms with van der Waals surface area (Å²) in [6.45, 7) is 45.8. The molecule has 17 nitrogen and oxygen atoms in total. The number of azo groups is 2. The number of nitrogens with one attached hydrogen (secondary N) is 2. The third kappa shape index (κ3) is 14.9. The highest BCUT2D eigenvalue weighted by atomic mass is 16.7. The minimum absolute atomic E-state index is 0.0148. The molecule has 2 N–H and O–H groups in total. The molecular formula is C64H111N4O13+. The topological polar surface area (TPSA) is 183 Å². The molecule has 0 aliphatic carbocycles. The highest BCUT2D eigenvalue weighted by Gasteiger charge is 2.52. The van der Waals surface area contributed by atoms with Crippen LogP contribution >= 0.6 is 0 Å². The van der Waals surface area contributed by atoms with Crippen molar-refractivity contribution in [2.45, 2.75) is 282 Å². The van der Waals surface area contributed by atoms with Gasteiger partial charge < -0.3 is 58.0 Å². The van der Waals surface area contributed by atoms with Crippen LogP contribution in [0.2, 0.25) is 0 Å². The molecule has 464 valence electrons. The SMILES string of the molecule is CCC(=O)NC1OC(C)C(OC2OC(C)C(OC3OC(C)C(C[N+]4=NC(C(=O)NCC(=O)CCCC5OC(C)C(OC6OC(C)C(OC7OC(C)C(C)C(C)C7C)C(C)C6C)C(C)C5C)=CC4CC)C(C)C3C)C(C)C2C)C(C)C1C. The highest BCUT2D eigenvalue weighted by molar-refractivity contribution is 5.95. The van der Waals surface area contributed by atoms with Gasteiger partial charge in [0.1, 0.15) is 6.23 Å². The number of carbonyl (C=O) groups is 3. The van der Waals surface area contributed by atoms with Gasteiger partial charge in [0.25, 0.3) is 5.91 Å². The van der Waals surface area contributed by atoms with E-state index >= 15 is 0 Å². The van der Waals surface area contributed by atoms with E-state index in [1.165, 1.54) is 0 Å². The van der Waals surface area contributed by atoms with E-state index in [1.807, 2.05) is 24.6 Å². The Hall–Kier alpha value is -2.45. The van der Waals surface area contributed by atoms with Crippen molar-refractivity contribution in [3.8, 4) is 0 Å². The second kappa shape index (κ2) is 28.4. The summed E-state index contributed by atoms with van der Waals surface area (Å²) in [5.74, 6) is 2.39. The molecule has 0 saturated carbocycles. The Morgan fingerprint density at radius 2 is 0.951 bits per heavy atom. The Labute approximate surface area is 487 Å². The van der Waals surface area contributed by atoms with Gasteiger partial charge in [-0.1, -0.05) is 104 Å². The molecule has 7 rings (SSSR count). The van der Waals surface area contributed by atoms with Gasteiger partial charge in [0.05, 0.1) is 73.7 Å². The van der Waals surface area contributed by atoms with E-state index in [0.717, 1.165) is 12.8 Å². The average molecular weight is 1140 g/mol. The van der Waals surface area contributed by atoms with E-state index in [1.54, 1.807) is 0 Å². The van der Waals surface area contributed by atoms with Crippen molar-refractivity contribution in [2.75, 3.05) is 13.1 Å². The molecule has 7 aliphatic rings. The van der Waals surface area contributed by atoms with E-state index in [2.05, 4.69) is 142 Å². The maximum absolute atomic E-state index is 13.6. The molecule has 31 unspecified atom stereocenters. The van der Waals surface area contributed by atoms with Gasteiger partial charge in [0.15, 0.2) is 49.2 Å². The van der Waals surface area contributed by atoms with Crippen LogP contribution in [0.1, 0.15) is 178 Å². The maximum Gasteiger partial charge on any atom is 0.276 e. The molecule has 7 heterocycles. The van der Waals surface area contributed by atoms with Gasteiger partial charge in [-0.05, 0) is 102 Å². The number of hydrogen-bond acceptors (Lipinski definition) is 14. The first-order valence-corrected chi connectivity index (χ1v) is 32.0. The number of nitrogens with zero attached hydrogens (tertiary/aromatic N) is 2. The molecule has 0 aromatic carbocycles. The molecule has 6 fully saturated rings. The third-order valence-electron chi connectivity index (χ3n) is 21.9. The quantitative estimate of drug-likeness (QED) is 0.110. The zero-order valence-corrected chi connectivity index (χ0v) is 53.6. The summed E-state index contributed by atoms with van der Waals surface area (Å²) in [6.07, 6.45) is 1.57. The van der Waals surface area contributed by atoms with Gasteiger partial charge >= 0.3 is 0 Å². The molecule has 0 radical (unpaired) electrons. The monoisotopic (exact) mass is 1140 g/mol. The summed E-state index contributed by atoms with van der Waals surface area (Å²) in [5, 5.41) is 10.8. The first-order valence-electron chi connectivity index (χ1n) is 32.0. The zero-order chi connectivity index (χ0) is 59.6. The van der Waals surface area contributed by atoms with Crippen LogP contribution in [0.5, 0.6) is 0 Å². The van der Waals surface area contributed by atoms with Crippen LogP contribution in [0.3, 0.4) is 0 Å². The van der Waals surface area contributed by atoms with Crippen LogP contribution in [0.15, 0.2) is 16.9 Å². The number of Topliss-reactive ketones (excluding diaryl/α,β-unsaturated/α-hetero) is 1. The van der Waals surface area contributed by atoms with E-state index in [4.69, 9.17) is 52.5 Å². The number of rotatable bonds is 20. The standard InChI is InChI=1S/C64H110N4O13/c1-22-49-27-52(67-68(49)29-51-32(5)40(13)62(75-44(51)17)81-58-37(10)42(15)64(77-48(58)21)79-56-35(8)38(11)60(73-46(56)19)66-54(70)23-2)59(71)65-28-50(69)25-24-26-53-33(6)34(7)55(45(18)72-53)78-63-41(14)36(9)57(47(20)76-63)80-61-39(12)30(3)31(4)43(16)74-61/h27,30-49,51,53,55-58,60-64H,22-26,28-29H2,1-21H3,(H-,65,66,70,71)/p+1. The van der Waals surface area contributed by atoms with Crippen molar-refractivity contribution in [1.82, 2.24) is 10.6 Å². The minimum Gasteiger partial charge on any atom is -0.372 e. The summed E-state index contributed by atoms with van der Waals surface area (Å²) >= 11 is 0. The largest absolute Gasteiger partial charge is 0.372 e. The van der Waals surface area contributed by atoms with E-state index in [0.29, 0.717) is 43.3 Å². The van der Waals surface area contributed by atoms with Crippen LogP contribution in [0.25, 0.3) is 0 Å². The lowest BCUT2D eigenvalue weighted by Gasteiger charge is -2.50. The van der Waals surface area contributed by atoms with Crippen LogP contribution in [-0.2, 0) is 61.8 Å². The normalized spacial score (nSPS) is 47.7. The highest BCUT2D eigenvalue weighted by Crippen LogP contribution is 2.45. The zero-order valence-electron chi connectivity index (χ0n) is 53.6. The second-order valence-electron chi connectivity index (χ2n) is 27.0. The van der Waals surface area contributed by atoms with Gasteiger partial charge in [-0.25, -0.2) is 0 Å². The smallest absolute Gasteiger partial charge is 0.276 e. The fourth-order valence-corrected chi connectivity index (χ4v) is 14.3. The third-order valence-corrected chi connectivity index (χ3v) is 21.9. The van der Waals surface area contributed by atoms with Crippen molar-refractivity contribution in [3.63, 3.8) is 0 Å². The number of ether oxygens (including phenoxy) is 10. The fraction of sp³-hybridized carbons (Fsp3) is 0.922. The Bertz CT molecular complexity index is 2150. The molecule has 31 atom stereocenters.